The SMILES string of the molecule is O=C(CC(NC(=O)c1ccccc1)c1ccccc1)NCC1CC=CCC1. The smallest absolute Gasteiger partial charge is 0.251 e. The number of amides is 2. The van der Waals surface area contributed by atoms with E-state index >= 15 is 0 Å². The Morgan fingerprint density at radius 3 is 2.33 bits per heavy atom. The Morgan fingerprint density at radius 1 is 0.963 bits per heavy atom. The van der Waals surface area contributed by atoms with Crippen molar-refractivity contribution in [3.05, 3.63) is 83.9 Å². The maximum Gasteiger partial charge on any atom is 0.251 e. The van der Waals surface area contributed by atoms with Gasteiger partial charge in [-0.1, -0.05) is 60.7 Å². The van der Waals surface area contributed by atoms with E-state index in [0.29, 0.717) is 18.0 Å². The van der Waals surface area contributed by atoms with Crippen molar-refractivity contribution in [2.45, 2.75) is 31.7 Å². The summed E-state index contributed by atoms with van der Waals surface area (Å²) < 4.78 is 0. The number of rotatable bonds is 7. The highest BCUT2D eigenvalue weighted by molar-refractivity contribution is 5.94. The molecule has 27 heavy (non-hydrogen) atoms. The van der Waals surface area contributed by atoms with Crippen LogP contribution in [0.25, 0.3) is 0 Å². The first-order valence-corrected chi connectivity index (χ1v) is 9.55. The second kappa shape index (κ2) is 9.72. The zero-order valence-electron chi connectivity index (χ0n) is 15.4. The Hall–Kier alpha value is -2.88. The molecule has 0 fully saturated rings. The first kappa shape index (κ1) is 18.9. The largest absolute Gasteiger partial charge is 0.356 e. The lowest BCUT2D eigenvalue weighted by Crippen LogP contribution is -2.35. The Bertz CT molecular complexity index is 771. The van der Waals surface area contributed by atoms with E-state index in [0.717, 1.165) is 24.8 Å². The maximum absolute atomic E-state index is 12.6. The predicted molar refractivity (Wildman–Crippen MR) is 107 cm³/mol. The third kappa shape index (κ3) is 5.81. The molecule has 0 saturated carbocycles. The zero-order chi connectivity index (χ0) is 18.9. The predicted octanol–water partition coefficient (Wildman–Crippen LogP) is 4.02. The van der Waals surface area contributed by atoms with E-state index in [1.54, 1.807) is 12.1 Å². The van der Waals surface area contributed by atoms with E-state index in [2.05, 4.69) is 22.8 Å². The molecule has 4 nitrogen and oxygen atoms in total. The minimum Gasteiger partial charge on any atom is -0.356 e. The third-order valence-electron chi connectivity index (χ3n) is 4.90. The van der Waals surface area contributed by atoms with Crippen LogP contribution in [0.3, 0.4) is 0 Å². The van der Waals surface area contributed by atoms with Crippen LogP contribution in [0.4, 0.5) is 0 Å². The molecule has 2 amide bonds. The standard InChI is InChI=1S/C23H26N2O2/c26-22(24-17-18-10-4-1-5-11-18)16-21(19-12-6-2-7-13-19)25-23(27)20-14-8-3-9-15-20/h1-4,6-9,12-15,18,21H,5,10-11,16-17H2,(H,24,26)(H,25,27). The number of benzene rings is 2. The van der Waals surface area contributed by atoms with Crippen molar-refractivity contribution >= 4 is 11.8 Å². The quantitative estimate of drug-likeness (QED) is 0.731. The van der Waals surface area contributed by atoms with Gasteiger partial charge >= 0.3 is 0 Å². The molecule has 0 spiro atoms. The van der Waals surface area contributed by atoms with Gasteiger partial charge in [0.15, 0.2) is 0 Å². The lowest BCUT2D eigenvalue weighted by molar-refractivity contribution is -0.121. The van der Waals surface area contributed by atoms with E-state index in [1.165, 1.54) is 0 Å². The van der Waals surface area contributed by atoms with E-state index in [-0.39, 0.29) is 24.3 Å². The van der Waals surface area contributed by atoms with Gasteiger partial charge in [-0.15, -0.1) is 0 Å². The lowest BCUT2D eigenvalue weighted by atomic mass is 9.94. The first-order chi connectivity index (χ1) is 13.2. The molecular weight excluding hydrogens is 336 g/mol. The molecule has 2 aromatic carbocycles. The molecule has 2 atom stereocenters. The fourth-order valence-corrected chi connectivity index (χ4v) is 3.33. The molecule has 0 saturated heterocycles. The molecule has 2 aromatic rings. The molecule has 0 bridgehead atoms. The van der Waals surface area contributed by atoms with Gasteiger partial charge in [-0.05, 0) is 42.9 Å². The number of carbonyl (C=O) groups excluding carboxylic acids is 2. The lowest BCUT2D eigenvalue weighted by Gasteiger charge is -2.21. The Morgan fingerprint density at radius 2 is 1.67 bits per heavy atom. The van der Waals surface area contributed by atoms with Crippen LogP contribution in [0, 0.1) is 5.92 Å². The Labute approximate surface area is 160 Å². The monoisotopic (exact) mass is 362 g/mol. The molecule has 0 radical (unpaired) electrons. The summed E-state index contributed by atoms with van der Waals surface area (Å²) in [6.45, 7) is 0.692. The van der Waals surface area contributed by atoms with Crippen molar-refractivity contribution in [3.8, 4) is 0 Å². The van der Waals surface area contributed by atoms with Crippen molar-refractivity contribution in [2.24, 2.45) is 5.92 Å². The average Bonchev–Trinajstić information content (AvgIpc) is 2.74. The van der Waals surface area contributed by atoms with Crippen molar-refractivity contribution in [3.63, 3.8) is 0 Å². The minimum absolute atomic E-state index is 0.0354. The molecule has 1 aliphatic carbocycles. The normalized spacial score (nSPS) is 17.1. The minimum atomic E-state index is -0.356. The van der Waals surface area contributed by atoms with Crippen LogP contribution in [-0.2, 0) is 4.79 Å². The molecule has 4 heteroatoms. The summed E-state index contributed by atoms with van der Waals surface area (Å²) in [6.07, 6.45) is 7.83. The van der Waals surface area contributed by atoms with Crippen LogP contribution in [0.2, 0.25) is 0 Å². The number of hydrogen-bond acceptors (Lipinski definition) is 2. The summed E-state index contributed by atoms with van der Waals surface area (Å²) in [5, 5.41) is 6.05. The van der Waals surface area contributed by atoms with Crippen LogP contribution in [0.15, 0.2) is 72.8 Å². The van der Waals surface area contributed by atoms with E-state index < -0.39 is 0 Å². The van der Waals surface area contributed by atoms with Crippen LogP contribution >= 0.6 is 0 Å². The van der Waals surface area contributed by atoms with Crippen LogP contribution in [0.5, 0.6) is 0 Å². The van der Waals surface area contributed by atoms with Gasteiger partial charge in [0.1, 0.15) is 0 Å². The molecule has 2 N–H and O–H groups in total. The molecule has 0 heterocycles. The van der Waals surface area contributed by atoms with Gasteiger partial charge in [0.25, 0.3) is 5.91 Å². The fourth-order valence-electron chi connectivity index (χ4n) is 3.33. The van der Waals surface area contributed by atoms with Crippen molar-refractivity contribution in [1.29, 1.82) is 0 Å². The summed E-state index contributed by atoms with van der Waals surface area (Å²) >= 11 is 0. The number of hydrogen-bond donors (Lipinski definition) is 2. The third-order valence-corrected chi connectivity index (χ3v) is 4.90. The summed E-state index contributed by atoms with van der Waals surface area (Å²) in [5.74, 6) is 0.300. The topological polar surface area (TPSA) is 58.2 Å². The highest BCUT2D eigenvalue weighted by atomic mass is 16.2. The average molecular weight is 362 g/mol. The molecule has 2 unspecified atom stereocenters. The van der Waals surface area contributed by atoms with Gasteiger partial charge in [-0.3, -0.25) is 9.59 Å². The number of nitrogens with one attached hydrogen (secondary N) is 2. The zero-order valence-corrected chi connectivity index (χ0v) is 15.4. The molecule has 0 aromatic heterocycles. The second-order valence-electron chi connectivity index (χ2n) is 6.96. The summed E-state index contributed by atoms with van der Waals surface area (Å²) in [6, 6.07) is 18.4. The molecule has 140 valence electrons. The number of allylic oxidation sites excluding steroid dienone is 2. The van der Waals surface area contributed by atoms with Gasteiger partial charge in [0, 0.05) is 12.1 Å². The molecular formula is C23H26N2O2. The van der Waals surface area contributed by atoms with E-state index in [1.807, 2.05) is 48.5 Å². The fraction of sp³-hybridized carbons (Fsp3) is 0.304. The second-order valence-corrected chi connectivity index (χ2v) is 6.96. The summed E-state index contributed by atoms with van der Waals surface area (Å²) in [5.41, 5.74) is 1.52. The highest BCUT2D eigenvalue weighted by Gasteiger charge is 2.20. The number of carbonyl (C=O) groups is 2. The van der Waals surface area contributed by atoms with Gasteiger partial charge < -0.3 is 10.6 Å². The highest BCUT2D eigenvalue weighted by Crippen LogP contribution is 2.19. The van der Waals surface area contributed by atoms with Crippen molar-refractivity contribution in [2.75, 3.05) is 6.54 Å². The van der Waals surface area contributed by atoms with Gasteiger partial charge in [-0.25, -0.2) is 0 Å². The van der Waals surface area contributed by atoms with Gasteiger partial charge in [0.05, 0.1) is 12.5 Å². The molecule has 0 aliphatic heterocycles. The molecule has 3 rings (SSSR count). The Kier molecular flexibility index (Phi) is 6.80. The van der Waals surface area contributed by atoms with Crippen LogP contribution in [0.1, 0.15) is 47.6 Å². The molecule has 1 aliphatic rings. The van der Waals surface area contributed by atoms with E-state index in [4.69, 9.17) is 0 Å². The van der Waals surface area contributed by atoms with Gasteiger partial charge in [-0.2, -0.15) is 0 Å². The van der Waals surface area contributed by atoms with E-state index in [9.17, 15) is 9.59 Å². The van der Waals surface area contributed by atoms with Gasteiger partial charge in [0.2, 0.25) is 5.91 Å². The summed E-state index contributed by atoms with van der Waals surface area (Å²) in [4.78, 5) is 25.1. The van der Waals surface area contributed by atoms with Crippen LogP contribution < -0.4 is 10.6 Å². The van der Waals surface area contributed by atoms with Crippen molar-refractivity contribution < 1.29 is 9.59 Å². The first-order valence-electron chi connectivity index (χ1n) is 9.55. The van der Waals surface area contributed by atoms with Crippen LogP contribution in [-0.4, -0.2) is 18.4 Å². The maximum atomic E-state index is 12.6. The van der Waals surface area contributed by atoms with Crippen molar-refractivity contribution in [1.82, 2.24) is 10.6 Å². The Balaban J connectivity index is 1.62. The summed E-state index contributed by atoms with van der Waals surface area (Å²) in [7, 11) is 0.